The lowest BCUT2D eigenvalue weighted by Gasteiger charge is -2.19. The van der Waals surface area contributed by atoms with E-state index in [-0.39, 0.29) is 0 Å². The Morgan fingerprint density at radius 2 is 2.06 bits per heavy atom. The Labute approximate surface area is 106 Å². The molecule has 2 unspecified atom stereocenters. The van der Waals surface area contributed by atoms with Gasteiger partial charge >= 0.3 is 0 Å². The lowest BCUT2D eigenvalue weighted by molar-refractivity contribution is 0.365. The number of hydrogen-bond acceptors (Lipinski definition) is 2. The molecule has 0 fully saturated rings. The number of hydrogen-bond donors (Lipinski definition) is 1. The van der Waals surface area contributed by atoms with E-state index in [1.54, 1.807) is 0 Å². The molecule has 0 saturated heterocycles. The maximum Gasteiger partial charge on any atom is 0.0521 e. The van der Waals surface area contributed by atoms with Gasteiger partial charge in [0, 0.05) is 12.7 Å². The fourth-order valence-electron chi connectivity index (χ4n) is 1.97. The van der Waals surface area contributed by atoms with Gasteiger partial charge in [-0.3, -0.25) is 4.68 Å². The molecular weight excluding hydrogens is 210 g/mol. The van der Waals surface area contributed by atoms with Gasteiger partial charge in [0.05, 0.1) is 6.20 Å². The summed E-state index contributed by atoms with van der Waals surface area (Å²) in [6, 6.07) is 0. The minimum Gasteiger partial charge on any atom is -0.316 e. The molecule has 0 amide bonds. The van der Waals surface area contributed by atoms with Crippen LogP contribution in [0.1, 0.15) is 39.7 Å². The van der Waals surface area contributed by atoms with Gasteiger partial charge < -0.3 is 5.32 Å². The van der Waals surface area contributed by atoms with E-state index in [1.807, 2.05) is 10.9 Å². The van der Waals surface area contributed by atoms with E-state index in [1.165, 1.54) is 12.0 Å². The van der Waals surface area contributed by atoms with Crippen molar-refractivity contribution in [3.8, 4) is 0 Å². The van der Waals surface area contributed by atoms with Crippen molar-refractivity contribution in [1.29, 1.82) is 0 Å². The minimum absolute atomic E-state index is 0.703. The molecule has 3 nitrogen and oxygen atoms in total. The Bertz CT molecular complexity index is 306. The van der Waals surface area contributed by atoms with Gasteiger partial charge in [0.2, 0.25) is 0 Å². The van der Waals surface area contributed by atoms with Crippen LogP contribution in [-0.2, 0) is 13.0 Å². The van der Waals surface area contributed by atoms with Crippen molar-refractivity contribution in [3.63, 3.8) is 0 Å². The van der Waals surface area contributed by atoms with Gasteiger partial charge in [-0.1, -0.05) is 20.8 Å². The summed E-state index contributed by atoms with van der Waals surface area (Å²) in [7, 11) is 0. The third kappa shape index (κ3) is 4.90. The second-order valence-corrected chi connectivity index (χ2v) is 5.07. The Morgan fingerprint density at radius 3 is 2.65 bits per heavy atom. The Hall–Kier alpha value is -0.830. The predicted molar refractivity (Wildman–Crippen MR) is 73.1 cm³/mol. The highest BCUT2D eigenvalue weighted by molar-refractivity contribution is 5.05. The molecule has 0 aliphatic heterocycles. The van der Waals surface area contributed by atoms with E-state index in [0.29, 0.717) is 11.8 Å². The van der Waals surface area contributed by atoms with Crippen LogP contribution in [0.3, 0.4) is 0 Å². The summed E-state index contributed by atoms with van der Waals surface area (Å²) in [6.07, 6.45) is 6.52. The molecule has 1 aromatic heterocycles. The molecule has 1 N–H and O–H groups in total. The first-order valence-electron chi connectivity index (χ1n) is 6.89. The van der Waals surface area contributed by atoms with Crippen LogP contribution in [0.2, 0.25) is 0 Å². The van der Waals surface area contributed by atoms with Gasteiger partial charge in [-0.2, -0.15) is 5.10 Å². The molecule has 98 valence electrons. The number of aryl methyl sites for hydroxylation is 1. The molecule has 0 aromatic carbocycles. The average molecular weight is 237 g/mol. The molecule has 1 heterocycles. The van der Waals surface area contributed by atoms with Crippen LogP contribution >= 0.6 is 0 Å². The minimum atomic E-state index is 0.703. The molecule has 0 spiro atoms. The molecule has 1 rings (SSSR count). The van der Waals surface area contributed by atoms with Gasteiger partial charge in [0.25, 0.3) is 0 Å². The summed E-state index contributed by atoms with van der Waals surface area (Å²) in [5.74, 6) is 1.42. The van der Waals surface area contributed by atoms with Crippen molar-refractivity contribution >= 4 is 0 Å². The lowest BCUT2D eigenvalue weighted by atomic mass is 9.90. The highest BCUT2D eigenvalue weighted by Gasteiger charge is 2.13. The van der Waals surface area contributed by atoms with Crippen LogP contribution in [0, 0.1) is 11.8 Å². The summed E-state index contributed by atoms with van der Waals surface area (Å²) in [4.78, 5) is 0. The lowest BCUT2D eigenvalue weighted by Crippen LogP contribution is -2.26. The molecule has 0 radical (unpaired) electrons. The van der Waals surface area contributed by atoms with Gasteiger partial charge in [0.15, 0.2) is 0 Å². The van der Waals surface area contributed by atoms with Crippen LogP contribution in [0.4, 0.5) is 0 Å². The van der Waals surface area contributed by atoms with Gasteiger partial charge in [-0.15, -0.1) is 0 Å². The third-order valence-electron chi connectivity index (χ3n) is 3.43. The molecule has 0 aliphatic rings. The number of nitrogens with one attached hydrogen (secondary N) is 1. The highest BCUT2D eigenvalue weighted by Crippen LogP contribution is 2.16. The number of nitrogens with zero attached hydrogens (tertiary/aromatic N) is 2. The largest absolute Gasteiger partial charge is 0.316 e. The van der Waals surface area contributed by atoms with E-state index in [0.717, 1.165) is 26.1 Å². The zero-order chi connectivity index (χ0) is 12.7. The van der Waals surface area contributed by atoms with Crippen molar-refractivity contribution in [2.75, 3.05) is 13.1 Å². The number of rotatable bonds is 8. The second-order valence-electron chi connectivity index (χ2n) is 5.07. The number of aromatic nitrogens is 2. The van der Waals surface area contributed by atoms with E-state index >= 15 is 0 Å². The molecule has 2 atom stereocenters. The van der Waals surface area contributed by atoms with E-state index in [2.05, 4.69) is 44.3 Å². The molecule has 0 saturated carbocycles. The van der Waals surface area contributed by atoms with Crippen LogP contribution < -0.4 is 5.32 Å². The fourth-order valence-corrected chi connectivity index (χ4v) is 1.97. The predicted octanol–water partition coefficient (Wildman–Crippen LogP) is 2.72. The first kappa shape index (κ1) is 14.2. The zero-order valence-corrected chi connectivity index (χ0v) is 11.7. The zero-order valence-electron chi connectivity index (χ0n) is 11.7. The average Bonchev–Trinajstić information content (AvgIpc) is 2.77. The Balaban J connectivity index is 2.34. The van der Waals surface area contributed by atoms with E-state index in [4.69, 9.17) is 0 Å². The molecule has 0 aliphatic carbocycles. The van der Waals surface area contributed by atoms with Gasteiger partial charge in [0.1, 0.15) is 0 Å². The summed E-state index contributed by atoms with van der Waals surface area (Å²) < 4.78 is 2.00. The van der Waals surface area contributed by atoms with Crippen LogP contribution in [0.5, 0.6) is 0 Å². The quantitative estimate of drug-likeness (QED) is 0.705. The van der Waals surface area contributed by atoms with Gasteiger partial charge in [-0.25, -0.2) is 0 Å². The SMILES string of the molecule is CCCNCC(C)C(C)Cc1cnn(CC)c1. The maximum atomic E-state index is 4.32. The topological polar surface area (TPSA) is 29.9 Å². The van der Waals surface area contributed by atoms with Crippen molar-refractivity contribution < 1.29 is 0 Å². The second kappa shape index (κ2) is 7.49. The van der Waals surface area contributed by atoms with Crippen molar-refractivity contribution in [1.82, 2.24) is 15.1 Å². The molecule has 1 aromatic rings. The van der Waals surface area contributed by atoms with Crippen molar-refractivity contribution in [2.24, 2.45) is 11.8 Å². The van der Waals surface area contributed by atoms with E-state index in [9.17, 15) is 0 Å². The summed E-state index contributed by atoms with van der Waals surface area (Å²) in [6.45, 7) is 12.2. The summed E-state index contributed by atoms with van der Waals surface area (Å²) in [5.41, 5.74) is 1.36. The highest BCUT2D eigenvalue weighted by atomic mass is 15.3. The van der Waals surface area contributed by atoms with Gasteiger partial charge in [-0.05, 0) is 50.3 Å². The monoisotopic (exact) mass is 237 g/mol. The molecule has 3 heteroatoms. The van der Waals surface area contributed by atoms with E-state index < -0.39 is 0 Å². The van der Waals surface area contributed by atoms with Crippen LogP contribution in [0.25, 0.3) is 0 Å². The summed E-state index contributed by atoms with van der Waals surface area (Å²) in [5, 5.41) is 7.82. The van der Waals surface area contributed by atoms with Crippen molar-refractivity contribution in [2.45, 2.75) is 47.1 Å². The smallest absolute Gasteiger partial charge is 0.0521 e. The third-order valence-corrected chi connectivity index (χ3v) is 3.43. The normalized spacial score (nSPS) is 14.8. The molecule has 17 heavy (non-hydrogen) atoms. The maximum absolute atomic E-state index is 4.32. The summed E-state index contributed by atoms with van der Waals surface area (Å²) >= 11 is 0. The first-order valence-corrected chi connectivity index (χ1v) is 6.89. The molecular formula is C14H27N3. The molecule has 0 bridgehead atoms. The van der Waals surface area contributed by atoms with Crippen molar-refractivity contribution in [3.05, 3.63) is 18.0 Å². The first-order chi connectivity index (χ1) is 8.17. The Kier molecular flexibility index (Phi) is 6.27. The Morgan fingerprint density at radius 1 is 1.29 bits per heavy atom. The van der Waals surface area contributed by atoms with Crippen LogP contribution in [0.15, 0.2) is 12.4 Å². The fraction of sp³-hybridized carbons (Fsp3) is 0.786. The standard InChI is InChI=1S/C14H27N3/c1-5-7-15-9-13(4)12(3)8-14-10-16-17(6-2)11-14/h10-13,15H,5-9H2,1-4H3. The van der Waals surface area contributed by atoms with Crippen LogP contribution in [-0.4, -0.2) is 22.9 Å².